The molecule has 1 saturated carbocycles. The molecule has 1 aliphatic rings. The summed E-state index contributed by atoms with van der Waals surface area (Å²) in [6.45, 7) is 4.12. The van der Waals surface area contributed by atoms with Crippen molar-refractivity contribution in [2.24, 2.45) is 0 Å². The Morgan fingerprint density at radius 2 is 1.76 bits per heavy atom. The molecule has 0 unspecified atom stereocenters. The quantitative estimate of drug-likeness (QED) is 0.870. The maximum atomic E-state index is 9.49. The van der Waals surface area contributed by atoms with E-state index in [-0.39, 0.29) is 0 Å². The summed E-state index contributed by atoms with van der Waals surface area (Å²) in [5.74, 6) is 0.666. The minimum atomic E-state index is 0.396. The van der Waals surface area contributed by atoms with Crippen LogP contribution in [0.15, 0.2) is 0 Å². The van der Waals surface area contributed by atoms with Crippen molar-refractivity contribution < 1.29 is 0 Å². The molecule has 1 fully saturated rings. The zero-order valence-electron chi connectivity index (χ0n) is 13.2. The number of nitriles is 1. The lowest BCUT2D eigenvalue weighted by Crippen LogP contribution is -2.35. The predicted molar refractivity (Wildman–Crippen MR) is 84.2 cm³/mol. The summed E-state index contributed by atoms with van der Waals surface area (Å²) in [5, 5.41) is 24.8. The van der Waals surface area contributed by atoms with Crippen molar-refractivity contribution in [2.45, 2.75) is 64.5 Å². The molecule has 0 saturated heterocycles. The Labute approximate surface area is 127 Å². The van der Waals surface area contributed by atoms with E-state index in [1.165, 1.54) is 0 Å². The van der Waals surface area contributed by atoms with Crippen LogP contribution >= 0.6 is 0 Å². The lowest BCUT2D eigenvalue weighted by molar-refractivity contribution is 0.371. The van der Waals surface area contributed by atoms with Gasteiger partial charge in [-0.2, -0.15) is 10.4 Å². The number of aryl methyl sites for hydroxylation is 1. The summed E-state index contributed by atoms with van der Waals surface area (Å²) < 4.78 is 0. The maximum absolute atomic E-state index is 9.49. The van der Waals surface area contributed by atoms with Crippen molar-refractivity contribution in [2.75, 3.05) is 12.4 Å². The fourth-order valence-electron chi connectivity index (χ4n) is 3.11. The second kappa shape index (κ2) is 7.37. The Bertz CT molecular complexity index is 512. The molecule has 0 aromatic carbocycles. The van der Waals surface area contributed by atoms with E-state index in [1.54, 1.807) is 0 Å². The SMILES string of the molecule is CCc1nnc(NC2CCC(NC)CC2)c(C#N)c1CC. The van der Waals surface area contributed by atoms with Gasteiger partial charge in [-0.05, 0) is 51.1 Å². The predicted octanol–water partition coefficient (Wildman–Crippen LogP) is 2.42. The van der Waals surface area contributed by atoms with Crippen LogP contribution in [-0.2, 0) is 12.8 Å². The first-order valence-corrected chi connectivity index (χ1v) is 7.95. The minimum Gasteiger partial charge on any atom is -0.365 e. The third kappa shape index (κ3) is 3.51. The normalized spacial score (nSPS) is 21.8. The average Bonchev–Trinajstić information content (AvgIpc) is 2.54. The number of nitrogens with zero attached hydrogens (tertiary/aromatic N) is 3. The van der Waals surface area contributed by atoms with Gasteiger partial charge in [-0.15, -0.1) is 5.10 Å². The van der Waals surface area contributed by atoms with Gasteiger partial charge >= 0.3 is 0 Å². The molecule has 2 N–H and O–H groups in total. The standard InChI is InChI=1S/C16H25N5/c1-4-13-14(10-17)16(21-20-15(13)5-2)19-12-8-6-11(18-3)7-9-12/h11-12,18H,4-9H2,1-3H3,(H,19,21). The van der Waals surface area contributed by atoms with Gasteiger partial charge in [0, 0.05) is 12.1 Å². The van der Waals surface area contributed by atoms with Gasteiger partial charge in [-0.25, -0.2) is 0 Å². The van der Waals surface area contributed by atoms with E-state index in [4.69, 9.17) is 0 Å². The van der Waals surface area contributed by atoms with Gasteiger partial charge in [-0.1, -0.05) is 13.8 Å². The molecule has 0 radical (unpaired) electrons. The monoisotopic (exact) mass is 287 g/mol. The molecule has 21 heavy (non-hydrogen) atoms. The number of anilines is 1. The van der Waals surface area contributed by atoms with Gasteiger partial charge in [0.2, 0.25) is 0 Å². The van der Waals surface area contributed by atoms with Crippen LogP contribution in [0.4, 0.5) is 5.82 Å². The van der Waals surface area contributed by atoms with Gasteiger partial charge in [0.05, 0.1) is 5.69 Å². The van der Waals surface area contributed by atoms with Crippen molar-refractivity contribution in [3.05, 3.63) is 16.8 Å². The number of hydrogen-bond donors (Lipinski definition) is 2. The molecule has 5 nitrogen and oxygen atoms in total. The summed E-state index contributed by atoms with van der Waals surface area (Å²) in [6.07, 6.45) is 6.18. The third-order valence-electron chi connectivity index (χ3n) is 4.43. The molecule has 2 rings (SSSR count). The Morgan fingerprint density at radius 1 is 1.10 bits per heavy atom. The van der Waals surface area contributed by atoms with Gasteiger partial charge in [0.1, 0.15) is 11.6 Å². The fraction of sp³-hybridized carbons (Fsp3) is 0.688. The number of nitrogens with one attached hydrogen (secondary N) is 2. The summed E-state index contributed by atoms with van der Waals surface area (Å²) >= 11 is 0. The van der Waals surface area contributed by atoms with Crippen LogP contribution in [0.5, 0.6) is 0 Å². The van der Waals surface area contributed by atoms with Crippen molar-refractivity contribution in [3.63, 3.8) is 0 Å². The van der Waals surface area contributed by atoms with E-state index in [9.17, 15) is 5.26 Å². The van der Waals surface area contributed by atoms with Crippen LogP contribution in [0.1, 0.15) is 56.4 Å². The molecule has 0 aliphatic heterocycles. The van der Waals surface area contributed by atoms with E-state index in [0.717, 1.165) is 49.8 Å². The maximum Gasteiger partial charge on any atom is 0.167 e. The Hall–Kier alpha value is -1.67. The van der Waals surface area contributed by atoms with Crippen LogP contribution in [0.2, 0.25) is 0 Å². The average molecular weight is 287 g/mol. The van der Waals surface area contributed by atoms with Crippen molar-refractivity contribution >= 4 is 5.82 Å². The number of hydrogen-bond acceptors (Lipinski definition) is 5. The molecule has 1 heterocycles. The highest BCUT2D eigenvalue weighted by Gasteiger charge is 2.22. The highest BCUT2D eigenvalue weighted by Crippen LogP contribution is 2.25. The van der Waals surface area contributed by atoms with Gasteiger partial charge in [0.15, 0.2) is 5.82 Å². The molecule has 1 aromatic rings. The molecular formula is C16H25N5. The molecule has 0 spiro atoms. The van der Waals surface area contributed by atoms with Crippen molar-refractivity contribution in [1.82, 2.24) is 15.5 Å². The third-order valence-corrected chi connectivity index (χ3v) is 4.43. The van der Waals surface area contributed by atoms with Crippen LogP contribution in [-0.4, -0.2) is 29.3 Å². The number of aromatic nitrogens is 2. The van der Waals surface area contributed by atoms with Crippen LogP contribution in [0, 0.1) is 11.3 Å². The van der Waals surface area contributed by atoms with Crippen LogP contribution < -0.4 is 10.6 Å². The zero-order chi connectivity index (χ0) is 15.2. The molecule has 5 heteroatoms. The molecule has 0 bridgehead atoms. The second-order valence-corrected chi connectivity index (χ2v) is 5.65. The number of rotatable bonds is 5. The minimum absolute atomic E-state index is 0.396. The summed E-state index contributed by atoms with van der Waals surface area (Å²) in [5.41, 5.74) is 2.67. The van der Waals surface area contributed by atoms with E-state index in [0.29, 0.717) is 23.5 Å². The molecular weight excluding hydrogens is 262 g/mol. The zero-order valence-corrected chi connectivity index (χ0v) is 13.2. The van der Waals surface area contributed by atoms with Crippen LogP contribution in [0.3, 0.4) is 0 Å². The highest BCUT2D eigenvalue weighted by molar-refractivity contribution is 5.56. The first kappa shape index (κ1) is 15.7. The van der Waals surface area contributed by atoms with E-state index >= 15 is 0 Å². The molecule has 1 aromatic heterocycles. The first-order valence-electron chi connectivity index (χ1n) is 7.95. The Kier molecular flexibility index (Phi) is 5.51. The van der Waals surface area contributed by atoms with E-state index < -0.39 is 0 Å². The van der Waals surface area contributed by atoms with E-state index in [2.05, 4.69) is 40.7 Å². The molecule has 114 valence electrons. The Balaban J connectivity index is 2.15. The lowest BCUT2D eigenvalue weighted by Gasteiger charge is -2.29. The van der Waals surface area contributed by atoms with Crippen molar-refractivity contribution in [1.29, 1.82) is 5.26 Å². The molecule has 1 aliphatic carbocycles. The summed E-state index contributed by atoms with van der Waals surface area (Å²) in [7, 11) is 2.02. The first-order chi connectivity index (χ1) is 10.2. The smallest absolute Gasteiger partial charge is 0.167 e. The second-order valence-electron chi connectivity index (χ2n) is 5.65. The topological polar surface area (TPSA) is 73.6 Å². The van der Waals surface area contributed by atoms with Crippen LogP contribution in [0.25, 0.3) is 0 Å². The van der Waals surface area contributed by atoms with Gasteiger partial charge in [0.25, 0.3) is 0 Å². The van der Waals surface area contributed by atoms with Gasteiger partial charge in [-0.3, -0.25) is 0 Å². The molecule has 0 atom stereocenters. The molecule has 0 amide bonds. The lowest BCUT2D eigenvalue weighted by atomic mass is 9.91. The summed E-state index contributed by atoms with van der Waals surface area (Å²) in [4.78, 5) is 0. The van der Waals surface area contributed by atoms with E-state index in [1.807, 2.05) is 7.05 Å². The highest BCUT2D eigenvalue weighted by atomic mass is 15.2. The fourth-order valence-corrected chi connectivity index (χ4v) is 3.11. The Morgan fingerprint density at radius 3 is 2.29 bits per heavy atom. The largest absolute Gasteiger partial charge is 0.365 e. The van der Waals surface area contributed by atoms with Gasteiger partial charge < -0.3 is 10.6 Å². The summed E-state index contributed by atoms with van der Waals surface area (Å²) in [6, 6.07) is 3.34. The van der Waals surface area contributed by atoms with Crippen molar-refractivity contribution in [3.8, 4) is 6.07 Å².